The third-order valence-corrected chi connectivity index (χ3v) is 12.6. The fraction of sp³-hybridized carbons (Fsp3) is 0.885. The number of nitrogens with one attached hydrogen (secondary N) is 1. The van der Waals surface area contributed by atoms with Crippen molar-refractivity contribution in [2.45, 2.75) is 270 Å². The lowest BCUT2D eigenvalue weighted by Gasteiger charge is -2.15. The van der Waals surface area contributed by atoms with Crippen molar-refractivity contribution in [2.24, 2.45) is 0 Å². The summed E-state index contributed by atoms with van der Waals surface area (Å²) >= 11 is 0. The highest BCUT2D eigenvalue weighted by molar-refractivity contribution is 7.47. The molecule has 0 spiro atoms. The molecule has 9 nitrogen and oxygen atoms in total. The van der Waals surface area contributed by atoms with E-state index in [0.29, 0.717) is 6.42 Å². The standard InChI is InChI=1S/C52H100NO8P/c1-3-5-7-9-11-13-15-17-19-21-23-24-25-26-27-28-30-32-34-36-38-40-42-44-51(55)53-46-47-60-62(57,58)61-49-50(54)48-59-52(56)45-43-41-39-37-35-33-31-29-22-20-18-16-14-12-10-8-6-4-2/h17,19-20,22,50,54H,3-16,18,21,23-49H2,1-2H3,(H,53,55)(H,57,58)/b19-17+,22-20-. The van der Waals surface area contributed by atoms with Gasteiger partial charge >= 0.3 is 13.8 Å². The number of aliphatic hydroxyl groups excluding tert-OH is 1. The summed E-state index contributed by atoms with van der Waals surface area (Å²) in [5.74, 6) is -0.511. The number of ether oxygens (including phenoxy) is 1. The van der Waals surface area contributed by atoms with Crippen molar-refractivity contribution in [3.05, 3.63) is 24.3 Å². The summed E-state index contributed by atoms with van der Waals surface area (Å²) in [6.45, 7) is 3.59. The molecule has 0 aromatic carbocycles. The Kier molecular flexibility index (Phi) is 47.7. The molecule has 62 heavy (non-hydrogen) atoms. The van der Waals surface area contributed by atoms with Crippen molar-refractivity contribution in [2.75, 3.05) is 26.4 Å². The molecule has 0 saturated heterocycles. The van der Waals surface area contributed by atoms with E-state index in [1.807, 2.05) is 0 Å². The molecule has 0 heterocycles. The van der Waals surface area contributed by atoms with E-state index in [4.69, 9.17) is 13.8 Å². The Morgan fingerprint density at radius 1 is 0.484 bits per heavy atom. The van der Waals surface area contributed by atoms with Crippen LogP contribution in [0.4, 0.5) is 0 Å². The van der Waals surface area contributed by atoms with Crippen molar-refractivity contribution in [3.8, 4) is 0 Å². The third kappa shape index (κ3) is 49.5. The zero-order valence-electron chi connectivity index (χ0n) is 40.6. The average Bonchev–Trinajstić information content (AvgIpc) is 3.26. The topological polar surface area (TPSA) is 131 Å². The van der Waals surface area contributed by atoms with Gasteiger partial charge in [-0.25, -0.2) is 4.57 Å². The molecular weight excluding hydrogens is 798 g/mol. The number of amides is 1. The molecule has 2 atom stereocenters. The van der Waals surface area contributed by atoms with Gasteiger partial charge in [0, 0.05) is 19.4 Å². The maximum Gasteiger partial charge on any atom is 0.472 e. The number of phosphoric ester groups is 1. The number of hydrogen-bond donors (Lipinski definition) is 3. The Bertz CT molecular complexity index is 1070. The van der Waals surface area contributed by atoms with E-state index >= 15 is 0 Å². The van der Waals surface area contributed by atoms with Crippen LogP contribution in [0, 0.1) is 0 Å². The molecule has 0 aromatic rings. The zero-order valence-corrected chi connectivity index (χ0v) is 41.5. The minimum absolute atomic E-state index is 0.0840. The van der Waals surface area contributed by atoms with E-state index in [9.17, 15) is 24.2 Å². The quantitative estimate of drug-likeness (QED) is 0.0238. The lowest BCUT2D eigenvalue weighted by Crippen LogP contribution is -2.27. The summed E-state index contributed by atoms with van der Waals surface area (Å²) < 4.78 is 27.0. The van der Waals surface area contributed by atoms with Crippen LogP contribution in [0.25, 0.3) is 0 Å². The van der Waals surface area contributed by atoms with Crippen molar-refractivity contribution in [3.63, 3.8) is 0 Å². The molecule has 0 bridgehead atoms. The number of rotatable bonds is 50. The number of hydrogen-bond acceptors (Lipinski definition) is 7. The molecule has 10 heteroatoms. The summed E-state index contributed by atoms with van der Waals surface area (Å²) in [4.78, 5) is 34.1. The highest BCUT2D eigenvalue weighted by Gasteiger charge is 2.23. The predicted molar refractivity (Wildman–Crippen MR) is 261 cm³/mol. The fourth-order valence-corrected chi connectivity index (χ4v) is 8.36. The Morgan fingerprint density at radius 2 is 0.823 bits per heavy atom. The first-order valence-corrected chi connectivity index (χ1v) is 27.8. The van der Waals surface area contributed by atoms with Crippen LogP contribution in [0.5, 0.6) is 0 Å². The van der Waals surface area contributed by atoms with Gasteiger partial charge in [-0.2, -0.15) is 0 Å². The van der Waals surface area contributed by atoms with E-state index in [1.54, 1.807) is 0 Å². The molecule has 0 saturated carbocycles. The SMILES string of the molecule is CCCCCCCC/C=C/CCCCCCCCCCCCCCCC(=O)NCCOP(=O)(O)OCC(O)COC(=O)CCCCCCCCC/C=C\CCCCCCCCC. The van der Waals surface area contributed by atoms with E-state index in [2.05, 4.69) is 43.5 Å². The number of phosphoric acid groups is 1. The summed E-state index contributed by atoms with van der Waals surface area (Å²) in [5, 5.41) is 12.8. The first-order valence-electron chi connectivity index (χ1n) is 26.3. The van der Waals surface area contributed by atoms with Gasteiger partial charge in [-0.15, -0.1) is 0 Å². The minimum atomic E-state index is -4.42. The molecule has 0 rings (SSSR count). The fourth-order valence-electron chi connectivity index (χ4n) is 7.61. The maximum absolute atomic E-state index is 12.2. The normalized spacial score (nSPS) is 13.3. The lowest BCUT2D eigenvalue weighted by atomic mass is 10.0. The van der Waals surface area contributed by atoms with Gasteiger partial charge in [0.25, 0.3) is 0 Å². The highest BCUT2D eigenvalue weighted by Crippen LogP contribution is 2.42. The van der Waals surface area contributed by atoms with Gasteiger partial charge < -0.3 is 20.1 Å². The molecule has 1 amide bonds. The van der Waals surface area contributed by atoms with Crippen molar-refractivity contribution >= 4 is 19.7 Å². The summed E-state index contributed by atoms with van der Waals surface area (Å²) in [7, 11) is -4.42. The second kappa shape index (κ2) is 48.9. The molecule has 0 aliphatic heterocycles. The van der Waals surface area contributed by atoms with Crippen LogP contribution < -0.4 is 5.32 Å². The molecule has 0 aliphatic carbocycles. The van der Waals surface area contributed by atoms with Gasteiger partial charge in [0.05, 0.1) is 13.2 Å². The molecular formula is C52H100NO8P. The van der Waals surface area contributed by atoms with Crippen molar-refractivity contribution in [1.29, 1.82) is 0 Å². The molecule has 2 unspecified atom stereocenters. The van der Waals surface area contributed by atoms with E-state index in [0.717, 1.165) is 38.5 Å². The predicted octanol–water partition coefficient (Wildman–Crippen LogP) is 15.5. The monoisotopic (exact) mass is 898 g/mol. The Balaban J connectivity index is 3.52. The average molecular weight is 898 g/mol. The Hall–Kier alpha value is -1.51. The zero-order chi connectivity index (χ0) is 45.3. The maximum atomic E-state index is 12.2. The second-order valence-electron chi connectivity index (χ2n) is 17.8. The van der Waals surface area contributed by atoms with Crippen LogP contribution in [-0.2, 0) is 27.9 Å². The van der Waals surface area contributed by atoms with Gasteiger partial charge in [-0.05, 0) is 64.2 Å². The van der Waals surface area contributed by atoms with Crippen LogP contribution in [-0.4, -0.2) is 54.3 Å². The number of unbranched alkanes of at least 4 members (excludes halogenated alkanes) is 33. The van der Waals surface area contributed by atoms with Crippen LogP contribution >= 0.6 is 7.82 Å². The Labute approximate surface area is 382 Å². The van der Waals surface area contributed by atoms with E-state index < -0.39 is 26.5 Å². The van der Waals surface area contributed by atoms with Crippen LogP contribution in [0.2, 0.25) is 0 Å². The van der Waals surface area contributed by atoms with Gasteiger partial charge in [-0.1, -0.05) is 212 Å². The smallest absolute Gasteiger partial charge is 0.463 e. The summed E-state index contributed by atoms with van der Waals surface area (Å²) in [6.07, 6.45) is 55.5. The highest BCUT2D eigenvalue weighted by atomic mass is 31.2. The minimum Gasteiger partial charge on any atom is -0.463 e. The molecule has 366 valence electrons. The number of aliphatic hydroxyl groups is 1. The van der Waals surface area contributed by atoms with Crippen LogP contribution in [0.3, 0.4) is 0 Å². The van der Waals surface area contributed by atoms with E-state index in [1.165, 1.54) is 199 Å². The van der Waals surface area contributed by atoms with Gasteiger partial charge in [-0.3, -0.25) is 18.6 Å². The summed E-state index contributed by atoms with van der Waals surface area (Å²) in [6, 6.07) is 0. The summed E-state index contributed by atoms with van der Waals surface area (Å²) in [5.41, 5.74) is 0. The molecule has 0 aromatic heterocycles. The second-order valence-corrected chi connectivity index (χ2v) is 19.3. The number of esters is 1. The Morgan fingerprint density at radius 3 is 1.21 bits per heavy atom. The number of allylic oxidation sites excluding steroid dienone is 4. The van der Waals surface area contributed by atoms with Gasteiger partial charge in [0.2, 0.25) is 5.91 Å². The number of carbonyl (C=O) groups is 2. The first kappa shape index (κ1) is 60.5. The van der Waals surface area contributed by atoms with Gasteiger partial charge in [0.1, 0.15) is 12.7 Å². The van der Waals surface area contributed by atoms with E-state index in [-0.39, 0.29) is 32.1 Å². The third-order valence-electron chi connectivity index (χ3n) is 11.6. The van der Waals surface area contributed by atoms with Gasteiger partial charge in [0.15, 0.2) is 0 Å². The van der Waals surface area contributed by atoms with Crippen LogP contribution in [0.15, 0.2) is 24.3 Å². The van der Waals surface area contributed by atoms with Crippen molar-refractivity contribution in [1.82, 2.24) is 5.32 Å². The largest absolute Gasteiger partial charge is 0.472 e. The van der Waals surface area contributed by atoms with Crippen molar-refractivity contribution < 1.29 is 37.9 Å². The molecule has 3 N–H and O–H groups in total. The lowest BCUT2D eigenvalue weighted by molar-refractivity contribution is -0.147. The molecule has 0 radical (unpaired) electrons. The van der Waals surface area contributed by atoms with Crippen LogP contribution in [0.1, 0.15) is 264 Å². The molecule has 0 fully saturated rings. The number of carbonyl (C=O) groups excluding carboxylic acids is 2. The molecule has 0 aliphatic rings. The first-order chi connectivity index (χ1) is 30.3.